The van der Waals surface area contributed by atoms with Gasteiger partial charge in [-0.3, -0.25) is 15.4 Å². The molecule has 0 saturated carbocycles. The van der Waals surface area contributed by atoms with Crippen LogP contribution in [-0.2, 0) is 0 Å². The van der Waals surface area contributed by atoms with E-state index in [1.807, 2.05) is 0 Å². The van der Waals surface area contributed by atoms with E-state index in [4.69, 9.17) is 18.9 Å². The Hall–Kier alpha value is -3.49. The van der Waals surface area contributed by atoms with Gasteiger partial charge in [-0.25, -0.2) is 4.79 Å². The van der Waals surface area contributed by atoms with Gasteiger partial charge >= 0.3 is 6.09 Å². The zero-order valence-electron chi connectivity index (χ0n) is 13.8. The lowest BCUT2D eigenvalue weighted by Gasteiger charge is -2.14. The number of hydrogen-bond acceptors (Lipinski definition) is 7. The van der Waals surface area contributed by atoms with E-state index in [9.17, 15) is 14.9 Å². The van der Waals surface area contributed by atoms with Crippen molar-refractivity contribution >= 4 is 17.5 Å². The zero-order valence-corrected chi connectivity index (χ0v) is 13.8. The average molecular weight is 348 g/mol. The first kappa shape index (κ1) is 17.9. The van der Waals surface area contributed by atoms with Crippen LogP contribution < -0.4 is 24.3 Å². The first-order chi connectivity index (χ1) is 12.0. The normalized spacial score (nSPS) is 9.88. The highest BCUT2D eigenvalue weighted by Crippen LogP contribution is 2.39. The second-order valence-corrected chi connectivity index (χ2v) is 4.68. The topological polar surface area (TPSA) is 109 Å². The molecular formula is C16H16N2O7. The van der Waals surface area contributed by atoms with Crippen molar-refractivity contribution in [2.24, 2.45) is 0 Å². The van der Waals surface area contributed by atoms with Crippen molar-refractivity contribution in [2.45, 2.75) is 0 Å². The summed E-state index contributed by atoms with van der Waals surface area (Å²) in [5, 5.41) is 13.1. The van der Waals surface area contributed by atoms with Gasteiger partial charge in [-0.15, -0.1) is 0 Å². The maximum absolute atomic E-state index is 12.0. The Kier molecular flexibility index (Phi) is 5.62. The Morgan fingerprint density at radius 1 is 1.00 bits per heavy atom. The number of nitrogens with one attached hydrogen (secondary N) is 1. The Morgan fingerprint density at radius 2 is 1.56 bits per heavy atom. The number of benzene rings is 2. The number of ether oxygens (including phenoxy) is 4. The van der Waals surface area contributed by atoms with Crippen molar-refractivity contribution in [3.63, 3.8) is 0 Å². The van der Waals surface area contributed by atoms with Crippen molar-refractivity contribution in [3.05, 3.63) is 46.5 Å². The molecule has 0 radical (unpaired) electrons. The van der Waals surface area contributed by atoms with Crippen LogP contribution in [0.15, 0.2) is 36.4 Å². The molecule has 2 aromatic carbocycles. The number of anilines is 1. The van der Waals surface area contributed by atoms with Gasteiger partial charge in [-0.1, -0.05) is 0 Å². The molecule has 0 unspecified atom stereocenters. The molecule has 0 aliphatic rings. The Bertz CT molecular complexity index is 750. The second-order valence-electron chi connectivity index (χ2n) is 4.68. The molecule has 132 valence electrons. The molecule has 25 heavy (non-hydrogen) atoms. The van der Waals surface area contributed by atoms with Crippen LogP contribution in [0.1, 0.15) is 0 Å². The number of hydrogen-bond donors (Lipinski definition) is 1. The number of nitrogens with zero attached hydrogens (tertiary/aromatic N) is 1. The summed E-state index contributed by atoms with van der Waals surface area (Å²) in [7, 11) is 4.38. The molecule has 1 N–H and O–H groups in total. The zero-order chi connectivity index (χ0) is 18.4. The highest BCUT2D eigenvalue weighted by molar-refractivity contribution is 5.87. The molecule has 0 bridgehead atoms. The van der Waals surface area contributed by atoms with Gasteiger partial charge in [-0.05, 0) is 12.1 Å². The summed E-state index contributed by atoms with van der Waals surface area (Å²) in [6, 6.07) is 8.21. The maximum Gasteiger partial charge on any atom is 0.417 e. The minimum Gasteiger partial charge on any atom is -0.493 e. The lowest BCUT2D eigenvalue weighted by atomic mass is 10.2. The monoisotopic (exact) mass is 348 g/mol. The Labute approximate surface area is 143 Å². The van der Waals surface area contributed by atoms with Crippen LogP contribution in [0.5, 0.6) is 23.0 Å². The number of nitro benzene ring substituents is 1. The standard InChI is InChI=1S/C16H16N2O7/c1-22-13-8-10(9-14(23-2)15(13)24-3)17-16(19)25-12-6-4-11(5-7-12)18(20)21/h4-9H,1-3H3,(H,17,19). The third kappa shape index (κ3) is 4.28. The smallest absolute Gasteiger partial charge is 0.417 e. The van der Waals surface area contributed by atoms with Crippen LogP contribution >= 0.6 is 0 Å². The summed E-state index contributed by atoms with van der Waals surface area (Å²) in [6.45, 7) is 0. The predicted octanol–water partition coefficient (Wildman–Crippen LogP) is 3.23. The summed E-state index contributed by atoms with van der Waals surface area (Å²) in [5.41, 5.74) is 0.263. The lowest BCUT2D eigenvalue weighted by Crippen LogP contribution is -2.16. The van der Waals surface area contributed by atoms with Gasteiger partial charge < -0.3 is 18.9 Å². The van der Waals surface area contributed by atoms with Crippen LogP contribution in [0.4, 0.5) is 16.2 Å². The first-order valence-electron chi connectivity index (χ1n) is 7.01. The number of carbonyl (C=O) groups excluding carboxylic acids is 1. The van der Waals surface area contributed by atoms with Crippen LogP contribution in [-0.4, -0.2) is 32.3 Å². The molecule has 0 aromatic heterocycles. The van der Waals surface area contributed by atoms with E-state index in [2.05, 4.69) is 5.32 Å². The molecule has 0 aliphatic carbocycles. The summed E-state index contributed by atoms with van der Waals surface area (Å²) >= 11 is 0. The van der Waals surface area contributed by atoms with Crippen molar-refractivity contribution in [1.29, 1.82) is 0 Å². The number of non-ortho nitro benzene ring substituents is 1. The molecule has 0 fully saturated rings. The Morgan fingerprint density at radius 3 is 2.00 bits per heavy atom. The molecule has 9 heteroatoms. The van der Waals surface area contributed by atoms with E-state index in [0.717, 1.165) is 0 Å². The average Bonchev–Trinajstić information content (AvgIpc) is 2.61. The van der Waals surface area contributed by atoms with Gasteiger partial charge in [-0.2, -0.15) is 0 Å². The molecule has 0 aliphatic heterocycles. The van der Waals surface area contributed by atoms with Crippen molar-refractivity contribution < 1.29 is 28.7 Å². The predicted molar refractivity (Wildman–Crippen MR) is 88.8 cm³/mol. The lowest BCUT2D eigenvalue weighted by molar-refractivity contribution is -0.384. The van der Waals surface area contributed by atoms with Gasteiger partial charge in [0.25, 0.3) is 5.69 Å². The van der Waals surface area contributed by atoms with Crippen molar-refractivity contribution in [2.75, 3.05) is 26.6 Å². The molecule has 0 atom stereocenters. The van der Waals surface area contributed by atoms with Crippen LogP contribution in [0.3, 0.4) is 0 Å². The summed E-state index contributed by atoms with van der Waals surface area (Å²) in [6.07, 6.45) is -0.775. The molecule has 9 nitrogen and oxygen atoms in total. The summed E-state index contributed by atoms with van der Waals surface area (Å²) in [4.78, 5) is 22.0. The fourth-order valence-corrected chi connectivity index (χ4v) is 2.04. The van der Waals surface area contributed by atoms with Gasteiger partial charge in [0.2, 0.25) is 5.75 Å². The number of carbonyl (C=O) groups is 1. The van der Waals surface area contributed by atoms with Gasteiger partial charge in [0, 0.05) is 24.3 Å². The van der Waals surface area contributed by atoms with Gasteiger partial charge in [0.05, 0.1) is 31.9 Å². The number of amides is 1. The van der Waals surface area contributed by atoms with E-state index in [0.29, 0.717) is 22.9 Å². The van der Waals surface area contributed by atoms with Crippen molar-refractivity contribution in [1.82, 2.24) is 0 Å². The second kappa shape index (κ2) is 7.86. The quantitative estimate of drug-likeness (QED) is 0.630. The van der Waals surface area contributed by atoms with E-state index in [1.54, 1.807) is 12.1 Å². The SMILES string of the molecule is COc1cc(NC(=O)Oc2ccc([N+](=O)[O-])cc2)cc(OC)c1OC. The molecular weight excluding hydrogens is 332 g/mol. The van der Waals surface area contributed by atoms with Gasteiger partial charge in [0.15, 0.2) is 11.5 Å². The van der Waals surface area contributed by atoms with Crippen LogP contribution in [0, 0.1) is 10.1 Å². The van der Waals surface area contributed by atoms with E-state index in [-0.39, 0.29) is 11.4 Å². The molecule has 0 heterocycles. The number of rotatable bonds is 6. The molecule has 0 saturated heterocycles. The number of methoxy groups -OCH3 is 3. The third-order valence-electron chi connectivity index (χ3n) is 3.17. The maximum atomic E-state index is 12.0. The third-order valence-corrected chi connectivity index (χ3v) is 3.17. The molecule has 2 aromatic rings. The minimum absolute atomic E-state index is 0.0996. The van der Waals surface area contributed by atoms with E-state index in [1.165, 1.54) is 45.6 Å². The fraction of sp³-hybridized carbons (Fsp3) is 0.188. The molecule has 1 amide bonds. The van der Waals surface area contributed by atoms with E-state index < -0.39 is 11.0 Å². The van der Waals surface area contributed by atoms with Crippen molar-refractivity contribution in [3.8, 4) is 23.0 Å². The summed E-state index contributed by atoms with van der Waals surface area (Å²) in [5.74, 6) is 1.29. The molecule has 2 rings (SSSR count). The fourth-order valence-electron chi connectivity index (χ4n) is 2.04. The number of nitro groups is 1. The molecule has 0 spiro atoms. The Balaban J connectivity index is 2.13. The van der Waals surface area contributed by atoms with E-state index >= 15 is 0 Å². The van der Waals surface area contributed by atoms with Crippen LogP contribution in [0.25, 0.3) is 0 Å². The highest BCUT2D eigenvalue weighted by Gasteiger charge is 2.15. The highest BCUT2D eigenvalue weighted by atomic mass is 16.6. The summed E-state index contributed by atoms with van der Waals surface area (Å²) < 4.78 is 20.7. The van der Waals surface area contributed by atoms with Gasteiger partial charge in [0.1, 0.15) is 5.75 Å². The minimum atomic E-state index is -0.775. The van der Waals surface area contributed by atoms with Crippen LogP contribution in [0.2, 0.25) is 0 Å². The largest absolute Gasteiger partial charge is 0.493 e. The first-order valence-corrected chi connectivity index (χ1v) is 7.01.